The number of hydrogen-bond acceptors (Lipinski definition) is 5. The Morgan fingerprint density at radius 3 is 2.86 bits per heavy atom. The summed E-state index contributed by atoms with van der Waals surface area (Å²) in [6.07, 6.45) is 1.47. The second-order valence-corrected chi connectivity index (χ2v) is 5.52. The first-order chi connectivity index (χ1) is 10.5. The lowest BCUT2D eigenvalue weighted by molar-refractivity contribution is -0.157. The Hall–Kier alpha value is -2.64. The van der Waals surface area contributed by atoms with Crippen LogP contribution in [0.3, 0.4) is 0 Å². The maximum Gasteiger partial charge on any atom is 0.272 e. The van der Waals surface area contributed by atoms with Crippen molar-refractivity contribution >= 4 is 23.4 Å². The molecule has 2 aliphatic rings. The number of rotatable bonds is 1. The van der Waals surface area contributed by atoms with Gasteiger partial charge in [0.1, 0.15) is 11.7 Å². The van der Waals surface area contributed by atoms with Crippen LogP contribution in [0.15, 0.2) is 18.3 Å². The molecular weight excluding hydrogens is 286 g/mol. The lowest BCUT2D eigenvalue weighted by Crippen LogP contribution is -2.66. The summed E-state index contributed by atoms with van der Waals surface area (Å²) in [5, 5.41) is 0. The molecule has 0 spiro atoms. The summed E-state index contributed by atoms with van der Waals surface area (Å²) >= 11 is 0. The second kappa shape index (κ2) is 5.28. The van der Waals surface area contributed by atoms with Crippen LogP contribution in [0, 0.1) is 0 Å². The first kappa shape index (κ1) is 14.3. The van der Waals surface area contributed by atoms with Gasteiger partial charge in [0.25, 0.3) is 5.91 Å². The molecule has 1 aromatic rings. The van der Waals surface area contributed by atoms with E-state index >= 15 is 0 Å². The number of nitrogens with zero attached hydrogens (tertiary/aromatic N) is 4. The van der Waals surface area contributed by atoms with Crippen molar-refractivity contribution in [3.63, 3.8) is 0 Å². The smallest absolute Gasteiger partial charge is 0.272 e. The van der Waals surface area contributed by atoms with Crippen molar-refractivity contribution in [1.82, 2.24) is 19.7 Å². The van der Waals surface area contributed by atoms with Crippen molar-refractivity contribution in [2.45, 2.75) is 6.04 Å². The normalized spacial score (nSPS) is 21.9. The summed E-state index contributed by atoms with van der Waals surface area (Å²) in [5.41, 5.74) is 6.37. The zero-order valence-electron chi connectivity index (χ0n) is 12.2. The quantitative estimate of drug-likeness (QED) is 0.701. The highest BCUT2D eigenvalue weighted by atomic mass is 16.2. The number of carbonyl (C=O) groups is 3. The molecule has 1 atom stereocenters. The summed E-state index contributed by atoms with van der Waals surface area (Å²) in [7, 11) is 1.60. The van der Waals surface area contributed by atoms with E-state index in [2.05, 4.69) is 4.98 Å². The Kier molecular flexibility index (Phi) is 3.44. The van der Waals surface area contributed by atoms with Crippen LogP contribution in [0.1, 0.15) is 10.5 Å². The highest BCUT2D eigenvalue weighted by Crippen LogP contribution is 2.18. The third-order valence-corrected chi connectivity index (χ3v) is 4.02. The van der Waals surface area contributed by atoms with Crippen molar-refractivity contribution in [2.75, 3.05) is 39.0 Å². The van der Waals surface area contributed by atoms with Crippen molar-refractivity contribution in [3.05, 3.63) is 24.0 Å². The van der Waals surface area contributed by atoms with Gasteiger partial charge in [0, 0.05) is 32.0 Å². The van der Waals surface area contributed by atoms with E-state index in [9.17, 15) is 14.4 Å². The Balaban J connectivity index is 1.79. The van der Waals surface area contributed by atoms with Crippen molar-refractivity contribution in [2.24, 2.45) is 0 Å². The zero-order chi connectivity index (χ0) is 15.9. The molecule has 0 bridgehead atoms. The fourth-order valence-corrected chi connectivity index (χ4v) is 2.83. The average molecular weight is 303 g/mol. The molecule has 2 saturated heterocycles. The lowest BCUT2D eigenvalue weighted by atomic mass is 10.1. The number of nitrogen functional groups attached to an aromatic ring is 1. The van der Waals surface area contributed by atoms with Crippen molar-refractivity contribution < 1.29 is 14.4 Å². The van der Waals surface area contributed by atoms with Gasteiger partial charge < -0.3 is 20.4 Å². The van der Waals surface area contributed by atoms with Gasteiger partial charge in [-0.2, -0.15) is 0 Å². The molecule has 2 aliphatic heterocycles. The number of anilines is 1. The van der Waals surface area contributed by atoms with Gasteiger partial charge in [0.05, 0.1) is 13.1 Å². The van der Waals surface area contributed by atoms with Gasteiger partial charge in [-0.1, -0.05) is 0 Å². The summed E-state index contributed by atoms with van der Waals surface area (Å²) in [6, 6.07) is 2.51. The molecule has 22 heavy (non-hydrogen) atoms. The highest BCUT2D eigenvalue weighted by molar-refractivity contribution is 5.97. The summed E-state index contributed by atoms with van der Waals surface area (Å²) in [6.45, 7) is 1.02. The van der Waals surface area contributed by atoms with Gasteiger partial charge >= 0.3 is 0 Å². The molecule has 1 aromatic heterocycles. The number of hydrogen-bond donors (Lipinski definition) is 1. The molecule has 1 unspecified atom stereocenters. The minimum absolute atomic E-state index is 0.0821. The van der Waals surface area contributed by atoms with Gasteiger partial charge in [-0.05, 0) is 12.1 Å². The van der Waals surface area contributed by atoms with E-state index in [4.69, 9.17) is 5.73 Å². The Morgan fingerprint density at radius 1 is 1.36 bits per heavy atom. The van der Waals surface area contributed by atoms with E-state index in [-0.39, 0.29) is 36.5 Å². The van der Waals surface area contributed by atoms with Gasteiger partial charge in [-0.25, -0.2) is 0 Å². The van der Waals surface area contributed by atoms with Crippen LogP contribution in [0.25, 0.3) is 0 Å². The van der Waals surface area contributed by atoms with Gasteiger partial charge in [0.15, 0.2) is 0 Å². The van der Waals surface area contributed by atoms with E-state index in [1.165, 1.54) is 17.2 Å². The Morgan fingerprint density at radius 2 is 2.14 bits per heavy atom. The van der Waals surface area contributed by atoms with Crippen LogP contribution < -0.4 is 5.73 Å². The molecule has 0 radical (unpaired) electrons. The van der Waals surface area contributed by atoms with Gasteiger partial charge in [-0.15, -0.1) is 0 Å². The van der Waals surface area contributed by atoms with Crippen molar-refractivity contribution in [1.29, 1.82) is 0 Å². The van der Waals surface area contributed by atoms with Gasteiger partial charge in [-0.3, -0.25) is 19.4 Å². The van der Waals surface area contributed by atoms with Crippen LogP contribution in [-0.4, -0.2) is 76.7 Å². The number of fused-ring (bicyclic) bond motifs is 1. The minimum atomic E-state index is -0.606. The summed E-state index contributed by atoms with van der Waals surface area (Å²) in [5.74, 6) is -0.501. The molecule has 116 valence electrons. The Bertz CT molecular complexity index is 647. The number of amides is 3. The van der Waals surface area contributed by atoms with Crippen LogP contribution in [0.4, 0.5) is 5.69 Å². The van der Waals surface area contributed by atoms with E-state index in [1.807, 2.05) is 0 Å². The number of piperazine rings is 2. The maximum absolute atomic E-state index is 12.5. The van der Waals surface area contributed by atoms with Crippen molar-refractivity contribution in [3.8, 4) is 0 Å². The SMILES string of the molecule is CN1CC(=O)N2CCN(C(=O)c3cc(N)ccn3)CC2C1=O. The van der Waals surface area contributed by atoms with E-state index < -0.39 is 6.04 Å². The number of likely N-dealkylation sites (N-methyl/N-ethyl adjacent to an activating group) is 1. The lowest BCUT2D eigenvalue weighted by Gasteiger charge is -2.45. The van der Waals surface area contributed by atoms with E-state index in [0.717, 1.165) is 0 Å². The standard InChI is InChI=1S/C14H17N5O3/c1-17-8-12(20)19-5-4-18(7-11(19)14(17)22)13(21)10-6-9(15)2-3-16-10/h2-3,6,11H,4-5,7-8H2,1H3,(H2,15,16). The fourth-order valence-electron chi connectivity index (χ4n) is 2.83. The predicted molar refractivity (Wildman–Crippen MR) is 77.7 cm³/mol. The minimum Gasteiger partial charge on any atom is -0.399 e. The molecule has 2 N–H and O–H groups in total. The predicted octanol–water partition coefficient (Wildman–Crippen LogP) is -1.21. The molecule has 2 fully saturated rings. The fraction of sp³-hybridized carbons (Fsp3) is 0.429. The van der Waals surface area contributed by atoms with Crippen LogP contribution in [-0.2, 0) is 9.59 Å². The van der Waals surface area contributed by atoms with Crippen LogP contribution >= 0.6 is 0 Å². The summed E-state index contributed by atoms with van der Waals surface area (Å²) in [4.78, 5) is 45.2. The molecule has 3 rings (SSSR count). The molecule has 0 aliphatic carbocycles. The first-order valence-corrected chi connectivity index (χ1v) is 7.02. The molecule has 0 aromatic carbocycles. The molecule has 3 heterocycles. The highest BCUT2D eigenvalue weighted by Gasteiger charge is 2.42. The molecule has 8 heteroatoms. The maximum atomic E-state index is 12.5. The Labute approximate surface area is 127 Å². The molecule has 0 saturated carbocycles. The molecule has 3 amide bonds. The largest absolute Gasteiger partial charge is 0.399 e. The zero-order valence-corrected chi connectivity index (χ0v) is 12.2. The third kappa shape index (κ3) is 2.36. The summed E-state index contributed by atoms with van der Waals surface area (Å²) < 4.78 is 0. The topological polar surface area (TPSA) is 99.8 Å². The second-order valence-electron chi connectivity index (χ2n) is 5.52. The average Bonchev–Trinajstić information content (AvgIpc) is 2.51. The number of aromatic nitrogens is 1. The molecule has 8 nitrogen and oxygen atoms in total. The number of carbonyl (C=O) groups excluding carboxylic acids is 3. The number of nitrogens with two attached hydrogens (primary N) is 1. The third-order valence-electron chi connectivity index (χ3n) is 4.02. The van der Waals surface area contributed by atoms with Crippen LogP contribution in [0.5, 0.6) is 0 Å². The molecular formula is C14H17N5O3. The van der Waals surface area contributed by atoms with E-state index in [1.54, 1.807) is 22.9 Å². The van der Waals surface area contributed by atoms with Crippen LogP contribution in [0.2, 0.25) is 0 Å². The monoisotopic (exact) mass is 303 g/mol. The number of pyridine rings is 1. The van der Waals surface area contributed by atoms with E-state index in [0.29, 0.717) is 18.8 Å². The van der Waals surface area contributed by atoms with Gasteiger partial charge in [0.2, 0.25) is 11.8 Å². The first-order valence-electron chi connectivity index (χ1n) is 7.02.